The van der Waals surface area contributed by atoms with Crippen molar-refractivity contribution in [1.29, 1.82) is 0 Å². The third kappa shape index (κ3) is 2.73. The van der Waals surface area contributed by atoms with Crippen LogP contribution in [-0.4, -0.2) is 23.9 Å². The van der Waals surface area contributed by atoms with Gasteiger partial charge in [0.2, 0.25) is 0 Å². The van der Waals surface area contributed by atoms with Crippen LogP contribution in [0, 0.1) is 6.92 Å². The van der Waals surface area contributed by atoms with Crippen molar-refractivity contribution in [2.24, 2.45) is 0 Å². The molecule has 0 N–H and O–H groups in total. The molecule has 1 aromatic rings. The van der Waals surface area contributed by atoms with Gasteiger partial charge in [-0.1, -0.05) is 6.08 Å². The molecule has 0 aliphatic rings. The van der Waals surface area contributed by atoms with E-state index in [1.54, 1.807) is 11.3 Å². The number of hydrogen-bond acceptors (Lipinski definition) is 2. The van der Waals surface area contributed by atoms with Crippen molar-refractivity contribution in [3.63, 3.8) is 0 Å². The van der Waals surface area contributed by atoms with Crippen molar-refractivity contribution < 1.29 is 4.79 Å². The molecule has 0 aliphatic carbocycles. The number of carbonyl (C=O) groups is 1. The molecule has 1 aromatic heterocycles. The van der Waals surface area contributed by atoms with Crippen molar-refractivity contribution in [2.75, 3.05) is 13.1 Å². The van der Waals surface area contributed by atoms with Crippen LogP contribution in [-0.2, 0) is 6.42 Å². The first-order chi connectivity index (χ1) is 7.63. The number of amides is 1. The minimum absolute atomic E-state index is 0.153. The topological polar surface area (TPSA) is 20.3 Å². The van der Waals surface area contributed by atoms with E-state index in [-0.39, 0.29) is 5.91 Å². The number of hydrogen-bond donors (Lipinski definition) is 0. The van der Waals surface area contributed by atoms with E-state index in [9.17, 15) is 4.79 Å². The molecule has 0 radical (unpaired) electrons. The number of carbonyl (C=O) groups excluding carboxylic acids is 1. The summed E-state index contributed by atoms with van der Waals surface area (Å²) in [6.07, 6.45) is 2.62. The highest BCUT2D eigenvalue weighted by Gasteiger charge is 2.18. The summed E-state index contributed by atoms with van der Waals surface area (Å²) in [5.41, 5.74) is 1.11. The molecule has 88 valence electrons. The maximum Gasteiger partial charge on any atom is 0.264 e. The van der Waals surface area contributed by atoms with E-state index in [4.69, 9.17) is 0 Å². The highest BCUT2D eigenvalue weighted by Crippen LogP contribution is 2.24. The molecule has 2 nitrogen and oxygen atoms in total. The highest BCUT2D eigenvalue weighted by atomic mass is 32.1. The summed E-state index contributed by atoms with van der Waals surface area (Å²) in [4.78, 5) is 16.1. The molecular weight excluding hydrogens is 218 g/mol. The van der Waals surface area contributed by atoms with E-state index in [1.807, 2.05) is 31.7 Å². The summed E-state index contributed by atoms with van der Waals surface area (Å²) in [6.45, 7) is 11.3. The Balaban J connectivity index is 3.01. The average Bonchev–Trinajstić information content (AvgIpc) is 2.62. The summed E-state index contributed by atoms with van der Waals surface area (Å²) >= 11 is 1.58. The molecule has 0 fully saturated rings. The van der Waals surface area contributed by atoms with Gasteiger partial charge >= 0.3 is 0 Å². The fourth-order valence-corrected chi connectivity index (χ4v) is 2.72. The smallest absolute Gasteiger partial charge is 0.264 e. The van der Waals surface area contributed by atoms with Crippen LogP contribution in [0.15, 0.2) is 18.7 Å². The molecule has 0 bridgehead atoms. The lowest BCUT2D eigenvalue weighted by Gasteiger charge is -2.18. The van der Waals surface area contributed by atoms with Gasteiger partial charge in [-0.05, 0) is 38.8 Å². The van der Waals surface area contributed by atoms with Crippen LogP contribution in [0.5, 0.6) is 0 Å². The number of allylic oxidation sites excluding steroid dienone is 1. The molecule has 0 saturated carbocycles. The van der Waals surface area contributed by atoms with Crippen LogP contribution >= 0.6 is 11.3 Å². The second-order valence-electron chi connectivity index (χ2n) is 3.68. The Bertz CT molecular complexity index is 377. The van der Waals surface area contributed by atoms with Gasteiger partial charge in [0.25, 0.3) is 5.91 Å². The standard InChI is InChI=1S/C13H19NOS/c1-5-8-11-9-10(4)16-12(11)13(15)14(6-2)7-3/h5,9H,1,6-8H2,2-4H3. The number of nitrogens with zero attached hydrogens (tertiary/aromatic N) is 1. The van der Waals surface area contributed by atoms with Crippen LogP contribution in [0.2, 0.25) is 0 Å². The lowest BCUT2D eigenvalue weighted by molar-refractivity contribution is 0.0777. The Morgan fingerprint density at radius 2 is 2.12 bits per heavy atom. The Kier molecular flexibility index (Phi) is 4.74. The second kappa shape index (κ2) is 5.85. The minimum Gasteiger partial charge on any atom is -0.339 e. The van der Waals surface area contributed by atoms with Crippen molar-refractivity contribution in [1.82, 2.24) is 4.90 Å². The van der Waals surface area contributed by atoms with E-state index >= 15 is 0 Å². The van der Waals surface area contributed by atoms with E-state index in [0.29, 0.717) is 0 Å². The van der Waals surface area contributed by atoms with Crippen LogP contribution in [0.4, 0.5) is 0 Å². The molecule has 1 rings (SSSR count). The zero-order valence-electron chi connectivity index (χ0n) is 10.2. The normalized spacial score (nSPS) is 10.2. The van der Waals surface area contributed by atoms with Gasteiger partial charge in [0.05, 0.1) is 4.88 Å². The number of thiophene rings is 1. The Hall–Kier alpha value is -1.09. The van der Waals surface area contributed by atoms with Gasteiger partial charge in [-0.25, -0.2) is 0 Å². The zero-order valence-corrected chi connectivity index (χ0v) is 11.1. The van der Waals surface area contributed by atoms with Gasteiger partial charge < -0.3 is 4.90 Å². The maximum atomic E-state index is 12.2. The number of aryl methyl sites for hydroxylation is 1. The molecule has 0 aliphatic heterocycles. The van der Waals surface area contributed by atoms with E-state index in [2.05, 4.69) is 12.6 Å². The van der Waals surface area contributed by atoms with Gasteiger partial charge in [0.15, 0.2) is 0 Å². The minimum atomic E-state index is 0.153. The average molecular weight is 237 g/mol. The lowest BCUT2D eigenvalue weighted by atomic mass is 10.1. The molecule has 16 heavy (non-hydrogen) atoms. The van der Waals surface area contributed by atoms with Crippen molar-refractivity contribution in [2.45, 2.75) is 27.2 Å². The Morgan fingerprint density at radius 3 is 2.62 bits per heavy atom. The molecule has 0 saturated heterocycles. The first kappa shape index (κ1) is 13.0. The second-order valence-corrected chi connectivity index (χ2v) is 4.94. The predicted molar refractivity (Wildman–Crippen MR) is 70.2 cm³/mol. The Morgan fingerprint density at radius 1 is 1.50 bits per heavy atom. The molecule has 0 unspecified atom stereocenters. The highest BCUT2D eigenvalue weighted by molar-refractivity contribution is 7.14. The van der Waals surface area contributed by atoms with Crippen molar-refractivity contribution in [3.05, 3.63) is 34.0 Å². The molecule has 1 heterocycles. The van der Waals surface area contributed by atoms with Crippen LogP contribution < -0.4 is 0 Å². The third-order valence-corrected chi connectivity index (χ3v) is 3.62. The first-order valence-corrected chi connectivity index (χ1v) is 6.45. The first-order valence-electron chi connectivity index (χ1n) is 5.63. The molecule has 0 atom stereocenters. The quantitative estimate of drug-likeness (QED) is 0.720. The largest absolute Gasteiger partial charge is 0.339 e. The van der Waals surface area contributed by atoms with E-state index in [0.717, 1.165) is 30.0 Å². The number of rotatable bonds is 5. The van der Waals surface area contributed by atoms with E-state index < -0.39 is 0 Å². The van der Waals surface area contributed by atoms with Gasteiger partial charge in [-0.2, -0.15) is 0 Å². The van der Waals surface area contributed by atoms with Crippen molar-refractivity contribution >= 4 is 17.2 Å². The summed E-state index contributed by atoms with van der Waals surface area (Å²) in [7, 11) is 0. The van der Waals surface area contributed by atoms with Gasteiger partial charge in [0.1, 0.15) is 0 Å². The fraction of sp³-hybridized carbons (Fsp3) is 0.462. The predicted octanol–water partition coefficient (Wildman–Crippen LogP) is 3.27. The Labute approximate surface area is 102 Å². The van der Waals surface area contributed by atoms with Crippen LogP contribution in [0.25, 0.3) is 0 Å². The molecule has 0 aromatic carbocycles. The molecule has 1 amide bonds. The zero-order chi connectivity index (χ0) is 12.1. The van der Waals surface area contributed by atoms with Crippen LogP contribution in [0.3, 0.4) is 0 Å². The molecular formula is C13H19NOS. The monoisotopic (exact) mass is 237 g/mol. The maximum absolute atomic E-state index is 12.2. The van der Waals surface area contributed by atoms with Gasteiger partial charge in [-0.3, -0.25) is 4.79 Å². The fourth-order valence-electron chi connectivity index (χ4n) is 1.71. The third-order valence-electron chi connectivity index (χ3n) is 2.54. The molecule has 3 heteroatoms. The SMILES string of the molecule is C=CCc1cc(C)sc1C(=O)N(CC)CC. The van der Waals surface area contributed by atoms with Gasteiger partial charge in [-0.15, -0.1) is 17.9 Å². The summed E-state index contributed by atoms with van der Waals surface area (Å²) in [6, 6.07) is 2.09. The summed E-state index contributed by atoms with van der Waals surface area (Å²) < 4.78 is 0. The van der Waals surface area contributed by atoms with Crippen LogP contribution in [0.1, 0.15) is 34.0 Å². The van der Waals surface area contributed by atoms with Gasteiger partial charge in [0, 0.05) is 18.0 Å². The summed E-state index contributed by atoms with van der Waals surface area (Å²) in [5.74, 6) is 0.153. The molecule has 0 spiro atoms. The van der Waals surface area contributed by atoms with Crippen molar-refractivity contribution in [3.8, 4) is 0 Å². The van der Waals surface area contributed by atoms with E-state index in [1.165, 1.54) is 4.88 Å². The lowest BCUT2D eigenvalue weighted by Crippen LogP contribution is -2.30. The summed E-state index contributed by atoms with van der Waals surface area (Å²) in [5, 5.41) is 0.